The van der Waals surface area contributed by atoms with E-state index < -0.39 is 32.6 Å². The predicted octanol–water partition coefficient (Wildman–Crippen LogP) is 8.10. The fraction of sp³-hybridized carbons (Fsp3) is 1.00. The molecule has 0 unspecified atom stereocenters. The minimum atomic E-state index is -3.37. The molecule has 0 aromatic carbocycles. The van der Waals surface area contributed by atoms with Crippen LogP contribution in [0, 0.1) is 0 Å². The first kappa shape index (κ1) is 20.9. The minimum Gasteiger partial charge on any atom is -0.289 e. The lowest BCUT2D eigenvalue weighted by Gasteiger charge is -2.26. The third kappa shape index (κ3) is 7.59. The number of hydrogen-bond donors (Lipinski definition) is 2. The Morgan fingerprint density at radius 3 is 1.50 bits per heavy atom. The largest absolute Gasteiger partial charge is 0.289 e. The zero-order valence-electron chi connectivity index (χ0n) is 9.66. The summed E-state index contributed by atoms with van der Waals surface area (Å²) in [5.41, 5.74) is 0. The molecular weight excluding hydrogens is 494 g/mol. The second kappa shape index (κ2) is 6.61. The molecular formula is C2H8Cl6N5O2P5. The minimum absolute atomic E-state index is 1.20. The molecule has 0 saturated carbocycles. The van der Waals surface area contributed by atoms with Crippen molar-refractivity contribution in [1.29, 1.82) is 0 Å². The van der Waals surface area contributed by atoms with Crippen molar-refractivity contribution in [2.24, 2.45) is 13.5 Å². The smallest absolute Gasteiger partial charge is 0.257 e. The van der Waals surface area contributed by atoms with E-state index in [4.69, 9.17) is 67.4 Å². The molecule has 1 aliphatic heterocycles. The fourth-order valence-electron chi connectivity index (χ4n) is 1.03. The molecule has 0 amide bonds. The van der Waals surface area contributed by atoms with Crippen molar-refractivity contribution in [2.75, 3.05) is 13.3 Å². The summed E-state index contributed by atoms with van der Waals surface area (Å²) in [6.45, 7) is -11.0. The SMILES string of the molecule is C[P@](=O)(Cl)N[P@@]1(Cl)=NP(Cl)(Cl)=N[P@@](Cl)(N[P@@](C)(=O)Cl)=N1. The van der Waals surface area contributed by atoms with Crippen LogP contribution >= 0.6 is 100 Å². The highest BCUT2D eigenvalue weighted by atomic mass is 35.9. The van der Waals surface area contributed by atoms with Crippen LogP contribution in [0.1, 0.15) is 0 Å². The molecule has 0 aliphatic carbocycles. The first-order valence-corrected chi connectivity index (χ1v) is 19.2. The summed E-state index contributed by atoms with van der Waals surface area (Å²) in [4.78, 5) is 4.73. The molecule has 0 bridgehead atoms. The van der Waals surface area contributed by atoms with E-state index in [-0.39, 0.29) is 0 Å². The molecule has 0 fully saturated rings. The van der Waals surface area contributed by atoms with Gasteiger partial charge in [-0.1, -0.05) is 0 Å². The summed E-state index contributed by atoms with van der Waals surface area (Å²) in [6.07, 6.45) is 0. The maximum Gasteiger partial charge on any atom is 0.257 e. The zero-order chi connectivity index (χ0) is 16.0. The Kier molecular flexibility index (Phi) is 6.89. The molecule has 1 aliphatic rings. The molecule has 120 valence electrons. The van der Waals surface area contributed by atoms with Gasteiger partial charge in [-0.15, -0.1) is 0 Å². The van der Waals surface area contributed by atoms with Crippen LogP contribution in [0.15, 0.2) is 13.5 Å². The van der Waals surface area contributed by atoms with Gasteiger partial charge in [0.1, 0.15) is 0 Å². The van der Waals surface area contributed by atoms with Crippen LogP contribution < -0.4 is 9.72 Å². The van der Waals surface area contributed by atoms with E-state index in [1.807, 2.05) is 0 Å². The second-order valence-electron chi connectivity index (χ2n) is 3.61. The Bertz CT molecular complexity index is 640. The quantitative estimate of drug-likeness (QED) is 0.380. The Morgan fingerprint density at radius 1 is 0.800 bits per heavy atom. The van der Waals surface area contributed by atoms with E-state index in [2.05, 4.69) is 23.3 Å². The highest BCUT2D eigenvalue weighted by Crippen LogP contribution is 2.85. The molecule has 1 heterocycles. The van der Waals surface area contributed by atoms with Gasteiger partial charge in [0, 0.05) is 13.3 Å². The average Bonchev–Trinajstić information content (AvgIpc) is 1.83. The summed E-state index contributed by atoms with van der Waals surface area (Å²) in [5.74, 6) is -3.30. The first-order valence-electron chi connectivity index (χ1n) is 4.37. The van der Waals surface area contributed by atoms with Crippen LogP contribution in [-0.2, 0) is 9.13 Å². The van der Waals surface area contributed by atoms with Crippen LogP contribution in [0.3, 0.4) is 0 Å². The lowest BCUT2D eigenvalue weighted by Crippen LogP contribution is -2.02. The lowest BCUT2D eigenvalue weighted by molar-refractivity contribution is 0.585. The van der Waals surface area contributed by atoms with Crippen molar-refractivity contribution in [2.45, 2.75) is 0 Å². The van der Waals surface area contributed by atoms with Crippen molar-refractivity contribution in [1.82, 2.24) is 9.72 Å². The van der Waals surface area contributed by atoms with Crippen molar-refractivity contribution in [3.63, 3.8) is 0 Å². The molecule has 4 atom stereocenters. The summed E-state index contributed by atoms with van der Waals surface area (Å²) < 4.78 is 34.9. The van der Waals surface area contributed by atoms with Gasteiger partial charge in [-0.05, 0) is 67.4 Å². The molecule has 0 saturated heterocycles. The Labute approximate surface area is 145 Å². The van der Waals surface area contributed by atoms with Crippen molar-refractivity contribution in [3.05, 3.63) is 0 Å². The van der Waals surface area contributed by atoms with Gasteiger partial charge in [0.15, 0.2) is 0 Å². The maximum absolute atomic E-state index is 11.6. The van der Waals surface area contributed by atoms with E-state index in [9.17, 15) is 9.13 Å². The van der Waals surface area contributed by atoms with Gasteiger partial charge in [0.05, 0.1) is 0 Å². The standard InChI is InChI=1S/C2H8Cl6N5O2P5/c1-16(3,14)9-19(7)11-18(5,6)12-20(8,13-19)10-17(2,4)15/h1-2H3,(H,9,14)(H,10,15)/t16-,17-,19-,20+/m0/s1. The lowest BCUT2D eigenvalue weighted by atomic mass is 12.0. The second-order valence-corrected chi connectivity index (χ2v) is 23.7. The monoisotopic (exact) mass is 499 g/mol. The molecule has 2 N–H and O–H groups in total. The summed E-state index contributed by atoms with van der Waals surface area (Å²) in [7, 11) is 0. The van der Waals surface area contributed by atoms with Gasteiger partial charge in [0.2, 0.25) is 26.7 Å². The van der Waals surface area contributed by atoms with Crippen LogP contribution in [0.5, 0.6) is 0 Å². The molecule has 0 aromatic heterocycles. The van der Waals surface area contributed by atoms with Crippen molar-refractivity contribution < 1.29 is 9.13 Å². The van der Waals surface area contributed by atoms with E-state index in [1.165, 1.54) is 13.3 Å². The molecule has 18 heteroatoms. The van der Waals surface area contributed by atoms with Gasteiger partial charge in [0.25, 0.3) is 5.91 Å². The number of nitrogens with zero attached hydrogens (tertiary/aromatic N) is 3. The number of rotatable bonds is 4. The molecule has 20 heavy (non-hydrogen) atoms. The van der Waals surface area contributed by atoms with Crippen LogP contribution in [0.2, 0.25) is 0 Å². The van der Waals surface area contributed by atoms with Gasteiger partial charge < -0.3 is 0 Å². The molecule has 0 aromatic rings. The van der Waals surface area contributed by atoms with Crippen molar-refractivity contribution in [3.8, 4) is 0 Å². The Morgan fingerprint density at radius 2 is 1.15 bits per heavy atom. The number of nitrogens with one attached hydrogen (secondary N) is 2. The van der Waals surface area contributed by atoms with E-state index in [0.29, 0.717) is 0 Å². The highest BCUT2D eigenvalue weighted by molar-refractivity contribution is 8.19. The Hall–Kier alpha value is 2.81. The first-order chi connectivity index (χ1) is 8.54. The average molecular weight is 502 g/mol. The maximum atomic E-state index is 11.6. The molecule has 0 radical (unpaired) electrons. The third-order valence-corrected chi connectivity index (χ3v) is 19.3. The van der Waals surface area contributed by atoms with E-state index in [0.717, 1.165) is 0 Å². The summed E-state index contributed by atoms with van der Waals surface area (Å²) in [5, 5.41) is 0. The Balaban J connectivity index is 3.47. The van der Waals surface area contributed by atoms with Gasteiger partial charge in [-0.3, -0.25) is 9.13 Å². The normalized spacial score (nSPS) is 38.6. The summed E-state index contributed by atoms with van der Waals surface area (Å²) >= 11 is 35.3. The van der Waals surface area contributed by atoms with Crippen LogP contribution in [0.25, 0.3) is 0 Å². The van der Waals surface area contributed by atoms with Gasteiger partial charge in [-0.25, -0.2) is 0 Å². The van der Waals surface area contributed by atoms with E-state index >= 15 is 0 Å². The third-order valence-electron chi connectivity index (χ3n) is 1.30. The number of halogens is 6. The van der Waals surface area contributed by atoms with Crippen molar-refractivity contribution >= 4 is 100 Å². The van der Waals surface area contributed by atoms with Crippen LogP contribution in [-0.4, -0.2) is 13.3 Å². The molecule has 1 rings (SSSR count). The molecule has 0 spiro atoms. The topological polar surface area (TPSA) is 95.3 Å². The molecule has 7 nitrogen and oxygen atoms in total. The summed E-state index contributed by atoms with van der Waals surface area (Å²) in [6, 6.07) is 0. The van der Waals surface area contributed by atoms with Gasteiger partial charge in [-0.2, -0.15) is 23.3 Å². The highest BCUT2D eigenvalue weighted by Gasteiger charge is 2.37. The van der Waals surface area contributed by atoms with E-state index in [1.54, 1.807) is 0 Å². The van der Waals surface area contributed by atoms with Crippen LogP contribution in [0.4, 0.5) is 0 Å². The number of hydrogen-bond acceptors (Lipinski definition) is 5. The van der Waals surface area contributed by atoms with Gasteiger partial charge >= 0.3 is 0 Å². The zero-order valence-corrected chi connectivity index (χ0v) is 18.7. The fourth-order valence-corrected chi connectivity index (χ4v) is 25.5. The predicted molar refractivity (Wildman–Crippen MR) is 96.5 cm³/mol.